The SMILES string of the molecule is CCC(CC)N(CCN(C)C(=O)CCC(=O)OCc1ccccc1)Cc1cccc(C(=O)Nc2ccc(OCCOC)nc2C(=O)Nc2ccc(CCc3ccc(C(=O)OC)cc3)cc2)c1. The van der Waals surface area contributed by atoms with Crippen LogP contribution in [0.15, 0.2) is 115 Å². The maximum atomic E-state index is 13.9. The molecular formula is C52H61N5O9. The molecule has 0 unspecified atom stereocenters. The first kappa shape index (κ1) is 50.1. The largest absolute Gasteiger partial charge is 0.475 e. The first-order valence-electron chi connectivity index (χ1n) is 22.3. The van der Waals surface area contributed by atoms with E-state index in [0.29, 0.717) is 43.1 Å². The third kappa shape index (κ3) is 15.7. The number of hydrogen-bond donors (Lipinski definition) is 2. The van der Waals surface area contributed by atoms with Crippen molar-refractivity contribution in [3.63, 3.8) is 0 Å². The molecule has 0 bridgehead atoms. The number of carbonyl (C=O) groups is 5. The fourth-order valence-electron chi connectivity index (χ4n) is 7.23. The summed E-state index contributed by atoms with van der Waals surface area (Å²) in [5.41, 5.74) is 5.53. The first-order chi connectivity index (χ1) is 32.0. The molecular weight excluding hydrogens is 839 g/mol. The molecule has 66 heavy (non-hydrogen) atoms. The lowest BCUT2D eigenvalue weighted by Gasteiger charge is -2.32. The van der Waals surface area contributed by atoms with E-state index in [1.807, 2.05) is 84.9 Å². The van der Waals surface area contributed by atoms with E-state index in [1.165, 1.54) is 7.11 Å². The number of aryl methyl sites for hydroxylation is 2. The van der Waals surface area contributed by atoms with Crippen molar-refractivity contribution in [2.24, 2.45) is 0 Å². The molecule has 0 saturated heterocycles. The van der Waals surface area contributed by atoms with Gasteiger partial charge in [0.15, 0.2) is 5.69 Å². The lowest BCUT2D eigenvalue weighted by Crippen LogP contribution is -2.41. The quantitative estimate of drug-likeness (QED) is 0.0429. The summed E-state index contributed by atoms with van der Waals surface area (Å²) in [5.74, 6) is -1.70. The molecule has 2 N–H and O–H groups in total. The highest BCUT2D eigenvalue weighted by molar-refractivity contribution is 6.11. The molecule has 4 aromatic carbocycles. The van der Waals surface area contributed by atoms with Crippen LogP contribution in [0.25, 0.3) is 0 Å². The van der Waals surface area contributed by atoms with Gasteiger partial charge in [0.2, 0.25) is 11.8 Å². The smallest absolute Gasteiger partial charge is 0.337 e. The molecule has 14 nitrogen and oxygen atoms in total. The van der Waals surface area contributed by atoms with Gasteiger partial charge in [-0.3, -0.25) is 24.1 Å². The number of hydrogen-bond acceptors (Lipinski definition) is 11. The Morgan fingerprint density at radius 1 is 0.667 bits per heavy atom. The van der Waals surface area contributed by atoms with E-state index in [2.05, 4.69) is 34.4 Å². The summed E-state index contributed by atoms with van der Waals surface area (Å²) in [6.07, 6.45) is 3.35. The van der Waals surface area contributed by atoms with Crippen molar-refractivity contribution in [3.05, 3.63) is 154 Å². The first-order valence-corrected chi connectivity index (χ1v) is 22.3. The standard InChI is InChI=1S/C52H61N5O9/c1-6-44(7-2)57(31-30-56(3)47(58)28-29-48(59)66-36-39-12-9-8-10-13-39)35-40-14-11-15-42(34-40)50(60)54-45-26-27-46(65-33-32-63-4)55-49(45)51(61)53-43-24-20-38(21-25-43)17-16-37-18-22-41(23-19-37)52(62)64-5/h8-15,18-27,34,44H,6-7,16-17,28-33,35-36H2,1-5H3,(H,53,61)(H,54,60). The fraction of sp³-hybridized carbons (Fsp3) is 0.346. The van der Waals surface area contributed by atoms with Crippen molar-refractivity contribution >= 4 is 41.0 Å². The normalized spacial score (nSPS) is 11.0. The second-order valence-corrected chi connectivity index (χ2v) is 15.8. The Morgan fingerprint density at radius 2 is 1.35 bits per heavy atom. The van der Waals surface area contributed by atoms with Gasteiger partial charge in [-0.1, -0.05) is 80.6 Å². The molecule has 5 rings (SSSR count). The molecule has 1 aromatic heterocycles. The average Bonchev–Trinajstić information content (AvgIpc) is 3.34. The van der Waals surface area contributed by atoms with E-state index in [4.69, 9.17) is 18.9 Å². The van der Waals surface area contributed by atoms with E-state index in [0.717, 1.165) is 47.9 Å². The highest BCUT2D eigenvalue weighted by Gasteiger charge is 2.21. The zero-order valence-electron chi connectivity index (χ0n) is 38.5. The minimum Gasteiger partial charge on any atom is -0.475 e. The number of carbonyl (C=O) groups excluding carboxylic acids is 5. The average molecular weight is 900 g/mol. The predicted octanol–water partition coefficient (Wildman–Crippen LogP) is 8.16. The summed E-state index contributed by atoms with van der Waals surface area (Å²) in [5, 5.41) is 5.80. The van der Waals surface area contributed by atoms with Crippen LogP contribution in [0.4, 0.5) is 11.4 Å². The van der Waals surface area contributed by atoms with Crippen LogP contribution in [0.5, 0.6) is 5.88 Å². The van der Waals surface area contributed by atoms with Gasteiger partial charge in [-0.15, -0.1) is 0 Å². The number of nitrogens with one attached hydrogen (secondary N) is 2. The Balaban J connectivity index is 1.20. The molecule has 5 aromatic rings. The monoisotopic (exact) mass is 899 g/mol. The number of aromatic nitrogens is 1. The van der Waals surface area contributed by atoms with Crippen molar-refractivity contribution in [2.75, 3.05) is 58.2 Å². The number of ether oxygens (including phenoxy) is 4. The van der Waals surface area contributed by atoms with Crippen molar-refractivity contribution in [1.82, 2.24) is 14.8 Å². The third-order valence-electron chi connectivity index (χ3n) is 11.1. The minimum absolute atomic E-state index is 0.00403. The molecule has 3 amide bonds. The van der Waals surface area contributed by atoms with Gasteiger partial charge in [-0.2, -0.15) is 0 Å². The molecule has 0 spiro atoms. The van der Waals surface area contributed by atoms with Gasteiger partial charge >= 0.3 is 11.9 Å². The number of benzene rings is 4. The Kier molecular flexibility index (Phi) is 19.9. The number of anilines is 2. The molecule has 1 heterocycles. The molecule has 0 aliphatic heterocycles. The fourth-order valence-corrected chi connectivity index (χ4v) is 7.23. The van der Waals surface area contributed by atoms with Gasteiger partial charge in [0.1, 0.15) is 13.2 Å². The van der Waals surface area contributed by atoms with E-state index >= 15 is 0 Å². The summed E-state index contributed by atoms with van der Waals surface area (Å²) >= 11 is 0. The Hall–Kier alpha value is -6.90. The highest BCUT2D eigenvalue weighted by Crippen LogP contribution is 2.23. The van der Waals surface area contributed by atoms with Gasteiger partial charge in [-0.05, 0) is 90.4 Å². The van der Waals surface area contributed by atoms with Crippen LogP contribution in [-0.2, 0) is 49.8 Å². The molecule has 0 atom stereocenters. The Bertz CT molecular complexity index is 2350. The van der Waals surface area contributed by atoms with Crippen LogP contribution in [-0.4, -0.2) is 98.1 Å². The third-order valence-corrected chi connectivity index (χ3v) is 11.1. The van der Waals surface area contributed by atoms with E-state index in [-0.39, 0.29) is 61.2 Å². The topological polar surface area (TPSA) is 166 Å². The van der Waals surface area contributed by atoms with E-state index in [1.54, 1.807) is 49.4 Å². The number of nitrogens with zero attached hydrogens (tertiary/aromatic N) is 3. The zero-order chi connectivity index (χ0) is 47.3. The summed E-state index contributed by atoms with van der Waals surface area (Å²) in [4.78, 5) is 73.3. The zero-order valence-corrected chi connectivity index (χ0v) is 38.5. The number of amides is 3. The van der Waals surface area contributed by atoms with Crippen LogP contribution in [0.3, 0.4) is 0 Å². The molecule has 348 valence electrons. The molecule has 0 fully saturated rings. The summed E-state index contributed by atoms with van der Waals surface area (Å²) in [7, 11) is 4.65. The molecule has 0 aliphatic carbocycles. The van der Waals surface area contributed by atoms with Crippen LogP contribution in [0.1, 0.15) is 93.0 Å². The number of likely N-dealkylation sites (N-methyl/N-ethyl adjacent to an activating group) is 1. The molecule has 0 aliphatic rings. The summed E-state index contributed by atoms with van der Waals surface area (Å²) < 4.78 is 21.0. The minimum atomic E-state index is -0.540. The van der Waals surface area contributed by atoms with Crippen molar-refractivity contribution in [3.8, 4) is 5.88 Å². The number of pyridine rings is 1. The van der Waals surface area contributed by atoms with Crippen molar-refractivity contribution < 1.29 is 42.9 Å². The van der Waals surface area contributed by atoms with Gasteiger partial charge < -0.3 is 34.5 Å². The van der Waals surface area contributed by atoms with E-state index in [9.17, 15) is 24.0 Å². The predicted molar refractivity (Wildman–Crippen MR) is 253 cm³/mol. The Labute approximate surface area is 387 Å². The maximum Gasteiger partial charge on any atom is 0.337 e. The molecule has 0 radical (unpaired) electrons. The lowest BCUT2D eigenvalue weighted by atomic mass is 10.0. The van der Waals surface area contributed by atoms with Crippen LogP contribution < -0.4 is 15.4 Å². The Morgan fingerprint density at radius 3 is 2.02 bits per heavy atom. The second-order valence-electron chi connectivity index (χ2n) is 15.8. The van der Waals surface area contributed by atoms with Gasteiger partial charge in [0.25, 0.3) is 11.8 Å². The van der Waals surface area contributed by atoms with Crippen LogP contribution >= 0.6 is 0 Å². The van der Waals surface area contributed by atoms with Crippen LogP contribution in [0.2, 0.25) is 0 Å². The van der Waals surface area contributed by atoms with Gasteiger partial charge in [0.05, 0.1) is 31.4 Å². The highest BCUT2D eigenvalue weighted by atomic mass is 16.5. The van der Waals surface area contributed by atoms with Crippen molar-refractivity contribution in [1.29, 1.82) is 0 Å². The molecule has 14 heteroatoms. The van der Waals surface area contributed by atoms with E-state index < -0.39 is 17.8 Å². The maximum absolute atomic E-state index is 13.9. The summed E-state index contributed by atoms with van der Waals surface area (Å²) in [6.45, 7) is 6.54. The second kappa shape index (κ2) is 26.2. The van der Waals surface area contributed by atoms with Crippen molar-refractivity contribution in [2.45, 2.75) is 71.6 Å². The number of methoxy groups -OCH3 is 2. The molecule has 0 saturated carbocycles. The number of rotatable bonds is 25. The number of esters is 2. The summed E-state index contributed by atoms with van der Waals surface area (Å²) in [6, 6.07) is 34.9. The van der Waals surface area contributed by atoms with Gasteiger partial charge in [-0.25, -0.2) is 9.78 Å². The van der Waals surface area contributed by atoms with Crippen LogP contribution in [0, 0.1) is 0 Å². The van der Waals surface area contributed by atoms with Gasteiger partial charge in [0, 0.05) is 63.6 Å². The lowest BCUT2D eigenvalue weighted by molar-refractivity contribution is -0.147.